The molecule has 0 saturated carbocycles. The Balaban J connectivity index is 1.75. The number of aliphatic imine (C=N–C) groups is 1. The number of hydrogen-bond acceptors (Lipinski definition) is 7. The largest absolute Gasteiger partial charge is 0.457 e. The van der Waals surface area contributed by atoms with Gasteiger partial charge >= 0.3 is 0 Å². The van der Waals surface area contributed by atoms with Crippen molar-refractivity contribution in [2.75, 3.05) is 6.26 Å². The van der Waals surface area contributed by atoms with Crippen molar-refractivity contribution >= 4 is 22.0 Å². The number of nitrogens with zero attached hydrogens (tertiary/aromatic N) is 1. The molecule has 0 saturated heterocycles. The van der Waals surface area contributed by atoms with Crippen molar-refractivity contribution < 1.29 is 17.9 Å². The molecule has 0 spiro atoms. The summed E-state index contributed by atoms with van der Waals surface area (Å²) in [4.78, 5) is 16.9. The first-order valence-electron chi connectivity index (χ1n) is 10.9. The van der Waals surface area contributed by atoms with Crippen molar-refractivity contribution in [3.05, 3.63) is 88.0 Å². The van der Waals surface area contributed by atoms with Gasteiger partial charge in [0.05, 0.1) is 23.1 Å². The van der Waals surface area contributed by atoms with Gasteiger partial charge in [-0.1, -0.05) is 18.2 Å². The van der Waals surface area contributed by atoms with Crippen LogP contribution in [-0.2, 0) is 21.1 Å². The molecule has 2 aliphatic rings. The minimum Gasteiger partial charge on any atom is -0.457 e. The molecule has 1 aliphatic heterocycles. The quantitative estimate of drug-likeness (QED) is 0.490. The first-order valence-corrected chi connectivity index (χ1v) is 12.7. The van der Waals surface area contributed by atoms with Crippen LogP contribution in [0.15, 0.2) is 81.8 Å². The number of fused-ring (bicyclic) bond motifs is 1. The molecule has 0 fully saturated rings. The summed E-state index contributed by atoms with van der Waals surface area (Å²) in [7, 11) is -3.34. The average Bonchev–Trinajstić information content (AvgIpc) is 2.77. The highest BCUT2D eigenvalue weighted by molar-refractivity contribution is 7.94. The molecule has 1 amide bonds. The number of carbonyl (C=O) groups excluding carboxylic acids is 1. The third-order valence-electron chi connectivity index (χ3n) is 5.11. The second-order valence-corrected chi connectivity index (χ2v) is 10.4. The number of dihydropyridines is 1. The zero-order valence-corrected chi connectivity index (χ0v) is 20.5. The molecule has 1 aromatic rings. The fourth-order valence-electron chi connectivity index (χ4n) is 3.39. The SMILES string of the molecule is Cc1cc(CC(=O)N/C(C=NC(C)C)=C/N)ccc1OC1=C2C=C(S(C)(=O)=O)C=CC2NC=C1. The van der Waals surface area contributed by atoms with E-state index in [0.717, 1.165) is 16.7 Å². The number of nitrogens with one attached hydrogen (secondary N) is 2. The fraction of sp³-hybridized carbons (Fsp3) is 0.280. The van der Waals surface area contributed by atoms with E-state index in [1.165, 1.54) is 12.5 Å². The Morgan fingerprint density at radius 1 is 1.32 bits per heavy atom. The molecule has 0 bridgehead atoms. The Morgan fingerprint density at radius 2 is 2.09 bits per heavy atom. The number of ether oxygens (including phenoxy) is 1. The number of aryl methyl sites for hydroxylation is 1. The van der Waals surface area contributed by atoms with Crippen LogP contribution in [0.25, 0.3) is 0 Å². The van der Waals surface area contributed by atoms with E-state index < -0.39 is 9.84 Å². The summed E-state index contributed by atoms with van der Waals surface area (Å²) in [6, 6.07) is 5.44. The van der Waals surface area contributed by atoms with E-state index in [1.54, 1.807) is 42.8 Å². The van der Waals surface area contributed by atoms with Crippen molar-refractivity contribution in [1.29, 1.82) is 0 Å². The first kappa shape index (κ1) is 25.0. The Labute approximate surface area is 200 Å². The summed E-state index contributed by atoms with van der Waals surface area (Å²) in [6.07, 6.45) is 12.8. The average molecular weight is 483 g/mol. The molecule has 1 unspecified atom stereocenters. The monoisotopic (exact) mass is 482 g/mol. The molecule has 0 aromatic heterocycles. The number of allylic oxidation sites excluding steroid dienone is 3. The Kier molecular flexibility index (Phi) is 7.78. The molecule has 34 heavy (non-hydrogen) atoms. The van der Waals surface area contributed by atoms with Crippen LogP contribution in [0.5, 0.6) is 5.75 Å². The maximum atomic E-state index is 12.4. The molecule has 0 radical (unpaired) electrons. The second kappa shape index (κ2) is 10.6. The highest BCUT2D eigenvalue weighted by Crippen LogP contribution is 2.29. The number of amides is 1. The first-order chi connectivity index (χ1) is 16.1. The van der Waals surface area contributed by atoms with Crippen molar-refractivity contribution in [3.8, 4) is 5.75 Å². The van der Waals surface area contributed by atoms with Gasteiger partial charge in [-0.05, 0) is 56.2 Å². The van der Waals surface area contributed by atoms with E-state index >= 15 is 0 Å². The minimum absolute atomic E-state index is 0.0984. The predicted molar refractivity (Wildman–Crippen MR) is 135 cm³/mol. The summed E-state index contributed by atoms with van der Waals surface area (Å²) in [6.45, 7) is 5.76. The van der Waals surface area contributed by atoms with Crippen LogP contribution < -0.4 is 21.1 Å². The van der Waals surface area contributed by atoms with Crippen molar-refractivity contribution in [2.45, 2.75) is 39.3 Å². The molecule has 3 rings (SSSR count). The minimum atomic E-state index is -3.34. The van der Waals surface area contributed by atoms with Crippen LogP contribution in [-0.4, -0.2) is 38.9 Å². The molecule has 180 valence electrons. The lowest BCUT2D eigenvalue weighted by molar-refractivity contribution is -0.119. The lowest BCUT2D eigenvalue weighted by Gasteiger charge is -2.25. The summed E-state index contributed by atoms with van der Waals surface area (Å²) in [5, 5.41) is 5.93. The predicted octanol–water partition coefficient (Wildman–Crippen LogP) is 2.55. The van der Waals surface area contributed by atoms with Gasteiger partial charge < -0.3 is 21.1 Å². The van der Waals surface area contributed by atoms with Gasteiger partial charge in [0.25, 0.3) is 0 Å². The van der Waals surface area contributed by atoms with Gasteiger partial charge in [0.2, 0.25) is 5.91 Å². The Hall–Kier alpha value is -3.59. The van der Waals surface area contributed by atoms with Crippen LogP contribution in [0, 0.1) is 6.92 Å². The number of sulfone groups is 1. The lowest BCUT2D eigenvalue weighted by Crippen LogP contribution is -2.30. The Morgan fingerprint density at radius 3 is 2.74 bits per heavy atom. The van der Waals surface area contributed by atoms with Gasteiger partial charge in [0.1, 0.15) is 11.5 Å². The van der Waals surface area contributed by atoms with Crippen molar-refractivity contribution in [1.82, 2.24) is 10.6 Å². The molecule has 1 atom stereocenters. The molecule has 4 N–H and O–H groups in total. The van der Waals surface area contributed by atoms with Crippen LogP contribution in [0.2, 0.25) is 0 Å². The van der Waals surface area contributed by atoms with Crippen molar-refractivity contribution in [2.24, 2.45) is 10.7 Å². The number of hydrogen-bond donors (Lipinski definition) is 3. The van der Waals surface area contributed by atoms with Crippen molar-refractivity contribution in [3.63, 3.8) is 0 Å². The third kappa shape index (κ3) is 6.48. The molecular formula is C25H30N4O4S. The highest BCUT2D eigenvalue weighted by Gasteiger charge is 2.24. The van der Waals surface area contributed by atoms with Crippen LogP contribution in [0.1, 0.15) is 25.0 Å². The molecule has 9 heteroatoms. The highest BCUT2D eigenvalue weighted by atomic mass is 32.2. The summed E-state index contributed by atoms with van der Waals surface area (Å²) in [5.74, 6) is 0.971. The lowest BCUT2D eigenvalue weighted by atomic mass is 9.98. The van der Waals surface area contributed by atoms with Crippen LogP contribution in [0.3, 0.4) is 0 Å². The third-order valence-corrected chi connectivity index (χ3v) is 6.22. The van der Waals surface area contributed by atoms with E-state index in [0.29, 0.717) is 17.2 Å². The maximum absolute atomic E-state index is 12.4. The van der Waals surface area contributed by atoms with E-state index in [1.807, 2.05) is 32.9 Å². The zero-order valence-electron chi connectivity index (χ0n) is 19.7. The molecular weight excluding hydrogens is 452 g/mol. The van der Waals surface area contributed by atoms with E-state index in [2.05, 4.69) is 15.6 Å². The van der Waals surface area contributed by atoms with Gasteiger partial charge in [-0.25, -0.2) is 8.42 Å². The molecule has 1 aliphatic carbocycles. The van der Waals surface area contributed by atoms with E-state index in [-0.39, 0.29) is 29.3 Å². The van der Waals surface area contributed by atoms with Gasteiger partial charge in [0, 0.05) is 36.5 Å². The second-order valence-electron chi connectivity index (χ2n) is 8.40. The summed E-state index contributed by atoms with van der Waals surface area (Å²) >= 11 is 0. The van der Waals surface area contributed by atoms with Gasteiger partial charge in [-0.3, -0.25) is 9.79 Å². The van der Waals surface area contributed by atoms with Gasteiger partial charge in [-0.2, -0.15) is 0 Å². The normalized spacial score (nSPS) is 18.1. The summed E-state index contributed by atoms with van der Waals surface area (Å²) in [5.41, 5.74) is 8.41. The Bertz CT molecular complexity index is 1250. The molecule has 1 heterocycles. The van der Waals surface area contributed by atoms with Crippen LogP contribution >= 0.6 is 0 Å². The number of rotatable bonds is 8. The van der Waals surface area contributed by atoms with Crippen LogP contribution in [0.4, 0.5) is 0 Å². The topological polar surface area (TPSA) is 123 Å². The number of nitrogens with two attached hydrogens (primary N) is 1. The number of benzene rings is 1. The standard InChI is InChI=1S/C25H30N4O4S/c1-16(2)28-15-19(14-26)29-25(30)12-18-5-8-23(17(3)11-18)33-24-9-10-27-22-7-6-20(13-21(22)24)34(4,31)32/h5-11,13-16,22,27H,12,26H2,1-4H3,(H,29,30)/b19-14+,28-15?. The molecule has 1 aromatic carbocycles. The fourth-order valence-corrected chi connectivity index (χ4v) is 4.06. The van der Waals surface area contributed by atoms with E-state index in [4.69, 9.17) is 10.5 Å². The number of carbonyl (C=O) groups is 1. The summed E-state index contributed by atoms with van der Waals surface area (Å²) < 4.78 is 30.1. The van der Waals surface area contributed by atoms with E-state index in [9.17, 15) is 13.2 Å². The van der Waals surface area contributed by atoms with Gasteiger partial charge in [0.15, 0.2) is 9.84 Å². The molecule has 8 nitrogen and oxygen atoms in total. The zero-order chi connectivity index (χ0) is 24.9. The van der Waals surface area contributed by atoms with Gasteiger partial charge in [-0.15, -0.1) is 0 Å². The maximum Gasteiger partial charge on any atom is 0.228 e. The smallest absolute Gasteiger partial charge is 0.228 e.